The molecule has 1 fully saturated rings. The van der Waals surface area contributed by atoms with Gasteiger partial charge >= 0.3 is 0 Å². The van der Waals surface area contributed by atoms with Crippen molar-refractivity contribution in [1.29, 1.82) is 0 Å². The second kappa shape index (κ2) is 8.77. The first-order valence-corrected chi connectivity index (χ1v) is 11.6. The number of ketones is 1. The first-order chi connectivity index (χ1) is 16.4. The number of hydrogen-bond acceptors (Lipinski definition) is 5. The van der Waals surface area contributed by atoms with E-state index in [-0.39, 0.29) is 16.7 Å². The van der Waals surface area contributed by atoms with Crippen molar-refractivity contribution < 1.29 is 23.8 Å². The van der Waals surface area contributed by atoms with Crippen molar-refractivity contribution in [2.45, 2.75) is 53.0 Å². The van der Waals surface area contributed by atoms with E-state index in [4.69, 9.17) is 9.15 Å². The summed E-state index contributed by atoms with van der Waals surface area (Å²) in [5.74, 6) is -0.346. The van der Waals surface area contributed by atoms with Gasteiger partial charge in [0.1, 0.15) is 29.1 Å². The summed E-state index contributed by atoms with van der Waals surface area (Å²) in [7, 11) is 1.50. The predicted molar refractivity (Wildman–Crippen MR) is 136 cm³/mol. The maximum Gasteiger partial charge on any atom is 0.300 e. The Labute approximate surface area is 205 Å². The highest BCUT2D eigenvalue weighted by Gasteiger charge is 2.49. The average molecular weight is 474 g/mol. The van der Waals surface area contributed by atoms with Crippen LogP contribution in [0.5, 0.6) is 5.75 Å². The van der Waals surface area contributed by atoms with Crippen molar-refractivity contribution in [3.05, 3.63) is 87.9 Å². The highest BCUT2D eigenvalue weighted by molar-refractivity contribution is 6.51. The van der Waals surface area contributed by atoms with E-state index >= 15 is 0 Å². The molecule has 2 heterocycles. The smallest absolute Gasteiger partial charge is 0.300 e. The molecule has 1 aromatic heterocycles. The number of carbonyl (C=O) groups excluding carboxylic acids is 2. The lowest BCUT2D eigenvalue weighted by Crippen LogP contribution is -2.30. The molecule has 6 heteroatoms. The van der Waals surface area contributed by atoms with Gasteiger partial charge in [-0.25, -0.2) is 0 Å². The number of methoxy groups -OCH3 is 1. The summed E-state index contributed by atoms with van der Waals surface area (Å²) in [6.45, 7) is 11.8. The SMILES string of the molecule is COc1ccc(C(C)(C)C)cc1/C(O)=C1\C(=O)C(=O)N(c2ccc(C)cc2C)C1c1ccc(C)o1. The van der Waals surface area contributed by atoms with Crippen LogP contribution in [0.2, 0.25) is 0 Å². The van der Waals surface area contributed by atoms with Gasteiger partial charge in [0.2, 0.25) is 0 Å². The Morgan fingerprint density at radius 3 is 2.29 bits per heavy atom. The highest BCUT2D eigenvalue weighted by atomic mass is 16.5. The van der Waals surface area contributed by atoms with Gasteiger partial charge in [-0.1, -0.05) is 44.5 Å². The first kappa shape index (κ1) is 24.3. The Balaban J connectivity index is 2.00. The zero-order chi connectivity index (χ0) is 25.7. The van der Waals surface area contributed by atoms with Crippen LogP contribution in [0, 0.1) is 20.8 Å². The molecule has 35 heavy (non-hydrogen) atoms. The second-order valence-corrected chi connectivity index (χ2v) is 10.1. The standard InChI is InChI=1S/C29H31NO5/c1-16-8-11-21(17(2)14-16)30-25(23-12-9-18(3)35-23)24(27(32)28(30)33)26(31)20-15-19(29(4,5)6)10-13-22(20)34-7/h8-15,25,31H,1-7H3/b26-24+. The third-order valence-corrected chi connectivity index (χ3v) is 6.41. The van der Waals surface area contributed by atoms with Gasteiger partial charge in [-0.3, -0.25) is 14.5 Å². The zero-order valence-electron chi connectivity index (χ0n) is 21.2. The Morgan fingerprint density at radius 1 is 1.00 bits per heavy atom. The maximum atomic E-state index is 13.5. The van der Waals surface area contributed by atoms with Crippen LogP contribution in [0.1, 0.15) is 60.6 Å². The van der Waals surface area contributed by atoms with E-state index in [1.807, 2.05) is 44.2 Å². The number of aliphatic hydroxyl groups is 1. The van der Waals surface area contributed by atoms with Crippen LogP contribution in [-0.4, -0.2) is 23.9 Å². The van der Waals surface area contributed by atoms with E-state index in [9.17, 15) is 14.7 Å². The van der Waals surface area contributed by atoms with Gasteiger partial charge in [0.25, 0.3) is 11.7 Å². The number of nitrogens with zero attached hydrogens (tertiary/aromatic N) is 1. The molecule has 1 saturated heterocycles. The molecule has 6 nitrogen and oxygen atoms in total. The lowest BCUT2D eigenvalue weighted by Gasteiger charge is -2.25. The quantitative estimate of drug-likeness (QED) is 0.280. The largest absolute Gasteiger partial charge is 0.507 e. The molecule has 3 aromatic rings. The molecule has 0 radical (unpaired) electrons. The van der Waals surface area contributed by atoms with Gasteiger partial charge in [0.05, 0.1) is 18.2 Å². The fourth-order valence-electron chi connectivity index (χ4n) is 4.53. The Bertz CT molecular complexity index is 1360. The second-order valence-electron chi connectivity index (χ2n) is 10.1. The predicted octanol–water partition coefficient (Wildman–Crippen LogP) is 6.14. The summed E-state index contributed by atoms with van der Waals surface area (Å²) >= 11 is 0. The number of carbonyl (C=O) groups is 2. The van der Waals surface area contributed by atoms with Crippen LogP contribution in [0.25, 0.3) is 5.76 Å². The fourth-order valence-corrected chi connectivity index (χ4v) is 4.53. The Hall–Kier alpha value is -3.80. The zero-order valence-corrected chi connectivity index (χ0v) is 21.2. The van der Waals surface area contributed by atoms with E-state index in [1.54, 1.807) is 25.1 Å². The number of ether oxygens (including phenoxy) is 1. The normalized spacial score (nSPS) is 17.8. The van der Waals surface area contributed by atoms with Gasteiger partial charge in [-0.2, -0.15) is 0 Å². The highest BCUT2D eigenvalue weighted by Crippen LogP contribution is 2.45. The van der Waals surface area contributed by atoms with Crippen LogP contribution < -0.4 is 9.64 Å². The van der Waals surface area contributed by atoms with Gasteiger partial charge in [-0.05, 0) is 67.6 Å². The summed E-state index contributed by atoms with van der Waals surface area (Å²) in [4.78, 5) is 28.3. The van der Waals surface area contributed by atoms with Crippen molar-refractivity contribution in [3.63, 3.8) is 0 Å². The van der Waals surface area contributed by atoms with E-state index in [2.05, 4.69) is 20.8 Å². The Kier molecular flexibility index (Phi) is 6.09. The molecule has 1 aliphatic rings. The maximum absolute atomic E-state index is 13.5. The van der Waals surface area contributed by atoms with Gasteiger partial charge in [0.15, 0.2) is 0 Å². The average Bonchev–Trinajstić information content (AvgIpc) is 3.33. The molecule has 0 bridgehead atoms. The third-order valence-electron chi connectivity index (χ3n) is 6.41. The van der Waals surface area contributed by atoms with Crippen LogP contribution in [0.15, 0.2) is 58.5 Å². The molecule has 0 aliphatic carbocycles. The van der Waals surface area contributed by atoms with Crippen LogP contribution in [0.3, 0.4) is 0 Å². The monoisotopic (exact) mass is 473 g/mol. The summed E-state index contributed by atoms with van der Waals surface area (Å²) in [5.41, 5.74) is 3.54. The molecule has 4 rings (SSSR count). The van der Waals surface area contributed by atoms with Crippen LogP contribution in [0.4, 0.5) is 5.69 Å². The number of rotatable bonds is 4. The number of Topliss-reactive ketones (excluding diaryl/α,β-unsaturated/α-hetero) is 1. The number of aryl methyl sites for hydroxylation is 3. The number of anilines is 1. The number of furan rings is 1. The minimum Gasteiger partial charge on any atom is -0.507 e. The molecule has 1 amide bonds. The molecule has 1 unspecified atom stereocenters. The summed E-state index contributed by atoms with van der Waals surface area (Å²) in [5, 5.41) is 11.6. The van der Waals surface area contributed by atoms with Gasteiger partial charge in [-0.15, -0.1) is 0 Å². The number of aliphatic hydroxyl groups excluding tert-OH is 1. The summed E-state index contributed by atoms with van der Waals surface area (Å²) in [6.07, 6.45) is 0. The molecule has 0 saturated carbocycles. The number of amides is 1. The molecule has 1 atom stereocenters. The molecular formula is C29H31NO5. The molecule has 1 N–H and O–H groups in total. The molecule has 182 valence electrons. The fraction of sp³-hybridized carbons (Fsp3) is 0.310. The number of benzene rings is 2. The summed E-state index contributed by atoms with van der Waals surface area (Å²) in [6, 6.07) is 13.8. The first-order valence-electron chi connectivity index (χ1n) is 11.6. The molecule has 0 spiro atoms. The molecular weight excluding hydrogens is 442 g/mol. The van der Waals surface area contributed by atoms with Crippen molar-refractivity contribution in [1.82, 2.24) is 0 Å². The minimum atomic E-state index is -0.923. The van der Waals surface area contributed by atoms with Crippen molar-refractivity contribution in [2.24, 2.45) is 0 Å². The lowest BCUT2D eigenvalue weighted by atomic mass is 9.85. The van der Waals surface area contributed by atoms with Gasteiger partial charge < -0.3 is 14.3 Å². The van der Waals surface area contributed by atoms with E-state index in [0.717, 1.165) is 16.7 Å². The third kappa shape index (κ3) is 4.25. The van der Waals surface area contributed by atoms with Crippen molar-refractivity contribution in [2.75, 3.05) is 12.0 Å². The van der Waals surface area contributed by atoms with Gasteiger partial charge in [0, 0.05) is 5.69 Å². The summed E-state index contributed by atoms with van der Waals surface area (Å²) < 4.78 is 11.4. The Morgan fingerprint density at radius 2 is 1.71 bits per heavy atom. The van der Waals surface area contributed by atoms with Crippen molar-refractivity contribution >= 4 is 23.1 Å². The molecule has 2 aromatic carbocycles. The van der Waals surface area contributed by atoms with Crippen LogP contribution >= 0.6 is 0 Å². The van der Waals surface area contributed by atoms with E-state index in [1.165, 1.54) is 12.0 Å². The topological polar surface area (TPSA) is 80.0 Å². The van der Waals surface area contributed by atoms with Crippen LogP contribution in [-0.2, 0) is 15.0 Å². The van der Waals surface area contributed by atoms with E-state index < -0.39 is 17.7 Å². The lowest BCUT2D eigenvalue weighted by molar-refractivity contribution is -0.132. The van der Waals surface area contributed by atoms with E-state index in [0.29, 0.717) is 28.5 Å². The molecule has 1 aliphatic heterocycles. The number of hydrogen-bond donors (Lipinski definition) is 1. The minimum absolute atomic E-state index is 0.0336. The van der Waals surface area contributed by atoms with Crippen molar-refractivity contribution in [3.8, 4) is 5.75 Å².